The molecule has 3 nitrogen and oxygen atoms in total. The Morgan fingerprint density at radius 2 is 2.47 bits per heavy atom. The summed E-state index contributed by atoms with van der Waals surface area (Å²) in [7, 11) is 0. The maximum absolute atomic E-state index is 12.0. The lowest BCUT2D eigenvalue weighted by atomic mass is 9.78. The minimum absolute atomic E-state index is 0.0600. The second-order valence-corrected chi connectivity index (χ2v) is 5.82. The van der Waals surface area contributed by atoms with Gasteiger partial charge >= 0.3 is 0 Å². The van der Waals surface area contributed by atoms with Crippen molar-refractivity contribution in [3.63, 3.8) is 0 Å². The number of rotatable bonds is 4. The molecule has 0 bridgehead atoms. The molecule has 1 heterocycles. The molecule has 1 fully saturated rings. The van der Waals surface area contributed by atoms with E-state index in [0.29, 0.717) is 19.4 Å². The van der Waals surface area contributed by atoms with Crippen molar-refractivity contribution in [2.45, 2.75) is 31.2 Å². The Labute approximate surface area is 110 Å². The molecule has 0 aromatic rings. The van der Waals surface area contributed by atoms with E-state index in [2.05, 4.69) is 28.6 Å². The highest BCUT2D eigenvalue weighted by Gasteiger charge is 2.51. The van der Waals surface area contributed by atoms with Gasteiger partial charge in [-0.1, -0.05) is 34.7 Å². The molecule has 0 aromatic carbocycles. The zero-order valence-electron chi connectivity index (χ0n) is 9.69. The lowest BCUT2D eigenvalue weighted by molar-refractivity contribution is -0.135. The highest BCUT2D eigenvalue weighted by atomic mass is 79.9. The summed E-state index contributed by atoms with van der Waals surface area (Å²) < 4.78 is 0.862. The fourth-order valence-corrected chi connectivity index (χ4v) is 2.99. The monoisotopic (exact) mass is 297 g/mol. The van der Waals surface area contributed by atoms with Crippen LogP contribution in [0.3, 0.4) is 0 Å². The minimum Gasteiger partial charge on any atom is -0.329 e. The van der Waals surface area contributed by atoms with Crippen LogP contribution < -0.4 is 0 Å². The van der Waals surface area contributed by atoms with E-state index < -0.39 is 5.54 Å². The molecule has 0 aromatic heterocycles. The fourth-order valence-electron chi connectivity index (χ4n) is 2.81. The predicted octanol–water partition coefficient (Wildman–Crippen LogP) is 2.42. The Balaban J connectivity index is 2.23. The number of halogens is 1. The summed E-state index contributed by atoms with van der Waals surface area (Å²) in [6.45, 7) is 4.35. The fraction of sp³-hybridized carbons (Fsp3) is 0.538. The van der Waals surface area contributed by atoms with Crippen molar-refractivity contribution in [1.29, 1.82) is 0 Å². The lowest BCUT2D eigenvalue weighted by Gasteiger charge is -2.38. The summed E-state index contributed by atoms with van der Waals surface area (Å²) in [5, 5.41) is 0. The van der Waals surface area contributed by atoms with Gasteiger partial charge in [0, 0.05) is 18.9 Å². The van der Waals surface area contributed by atoms with E-state index in [1.807, 2.05) is 6.08 Å². The van der Waals surface area contributed by atoms with Gasteiger partial charge in [-0.25, -0.2) is 0 Å². The quantitative estimate of drug-likeness (QED) is 0.590. The van der Waals surface area contributed by atoms with E-state index >= 15 is 0 Å². The molecule has 92 valence electrons. The van der Waals surface area contributed by atoms with Crippen LogP contribution in [0.25, 0.3) is 0 Å². The highest BCUT2D eigenvalue weighted by Crippen LogP contribution is 2.41. The number of hydrogen-bond acceptors (Lipinski definition) is 2. The molecule has 17 heavy (non-hydrogen) atoms. The maximum atomic E-state index is 12.0. The van der Waals surface area contributed by atoms with Crippen molar-refractivity contribution in [3.8, 4) is 0 Å². The lowest BCUT2D eigenvalue weighted by Crippen LogP contribution is -2.51. The van der Waals surface area contributed by atoms with Gasteiger partial charge in [0.15, 0.2) is 0 Å². The van der Waals surface area contributed by atoms with Crippen LogP contribution in [-0.2, 0) is 9.59 Å². The average molecular weight is 298 g/mol. The average Bonchev–Trinajstić information content (AvgIpc) is 2.58. The molecule has 2 atom stereocenters. The second-order valence-electron chi connectivity index (χ2n) is 4.70. The summed E-state index contributed by atoms with van der Waals surface area (Å²) in [6.07, 6.45) is 7.85. The summed E-state index contributed by atoms with van der Waals surface area (Å²) in [5.41, 5.74) is -0.589. The number of aldehydes is 1. The number of likely N-dealkylation sites (tertiary alicyclic amines) is 1. The van der Waals surface area contributed by atoms with Gasteiger partial charge in [0.1, 0.15) is 11.8 Å². The van der Waals surface area contributed by atoms with E-state index in [1.165, 1.54) is 0 Å². The first-order valence-corrected chi connectivity index (χ1v) is 6.66. The van der Waals surface area contributed by atoms with Gasteiger partial charge in [-0.15, -0.1) is 0 Å². The third kappa shape index (κ3) is 2.10. The molecule has 1 amide bonds. The van der Waals surface area contributed by atoms with Crippen LogP contribution in [0, 0.1) is 5.92 Å². The van der Waals surface area contributed by atoms with Crippen LogP contribution in [0.1, 0.15) is 25.7 Å². The first-order valence-electron chi connectivity index (χ1n) is 5.87. The molecule has 1 aliphatic carbocycles. The van der Waals surface area contributed by atoms with Gasteiger partial charge in [-0.05, 0) is 23.7 Å². The molecule has 1 aliphatic heterocycles. The van der Waals surface area contributed by atoms with Crippen molar-refractivity contribution in [2.24, 2.45) is 5.92 Å². The number of allylic oxidation sites excluding steroid dienone is 1. The number of fused-ring (bicyclic) bond motifs is 1. The van der Waals surface area contributed by atoms with Gasteiger partial charge in [0.2, 0.25) is 5.91 Å². The van der Waals surface area contributed by atoms with Crippen molar-refractivity contribution < 1.29 is 9.59 Å². The third-order valence-corrected chi connectivity index (χ3v) is 4.13. The topological polar surface area (TPSA) is 37.4 Å². The molecule has 2 aliphatic rings. The normalized spacial score (nSPS) is 31.5. The van der Waals surface area contributed by atoms with Gasteiger partial charge < -0.3 is 9.69 Å². The zero-order chi connectivity index (χ0) is 12.5. The number of nitrogens with zero attached hydrogens (tertiary/aromatic N) is 1. The molecular weight excluding hydrogens is 282 g/mol. The number of carbonyl (C=O) groups is 2. The zero-order valence-corrected chi connectivity index (χ0v) is 11.3. The summed E-state index contributed by atoms with van der Waals surface area (Å²) in [4.78, 5) is 25.3. The van der Waals surface area contributed by atoms with E-state index in [0.717, 1.165) is 23.6 Å². The maximum Gasteiger partial charge on any atom is 0.224 e. The van der Waals surface area contributed by atoms with Gasteiger partial charge in [0.25, 0.3) is 0 Å². The van der Waals surface area contributed by atoms with E-state index in [9.17, 15) is 9.59 Å². The van der Waals surface area contributed by atoms with E-state index in [4.69, 9.17) is 0 Å². The van der Waals surface area contributed by atoms with Crippen LogP contribution in [0.2, 0.25) is 0 Å². The molecule has 4 heteroatoms. The largest absolute Gasteiger partial charge is 0.329 e. The smallest absolute Gasteiger partial charge is 0.224 e. The van der Waals surface area contributed by atoms with Gasteiger partial charge in [0.05, 0.1) is 0 Å². The van der Waals surface area contributed by atoms with Gasteiger partial charge in [-0.2, -0.15) is 0 Å². The van der Waals surface area contributed by atoms with Crippen LogP contribution in [0.4, 0.5) is 0 Å². The van der Waals surface area contributed by atoms with Gasteiger partial charge in [-0.3, -0.25) is 4.79 Å². The molecule has 0 spiro atoms. The number of carbonyl (C=O) groups excluding carboxylic acids is 2. The summed E-state index contributed by atoms with van der Waals surface area (Å²) >= 11 is 3.29. The standard InChI is InChI=1S/C13H16BrNO2/c1-10(14)5-7-15-12(17)8-11-4-2-3-6-13(11,15)9-16/h2,4,9,11H,1,3,5-8H2/t11-,13-/m1/s1. The molecule has 0 N–H and O–H groups in total. The third-order valence-electron chi connectivity index (χ3n) is 3.73. The molecule has 0 saturated carbocycles. The van der Waals surface area contributed by atoms with E-state index in [-0.39, 0.29) is 11.8 Å². The van der Waals surface area contributed by atoms with Crippen LogP contribution in [0.15, 0.2) is 23.2 Å². The molecule has 0 unspecified atom stereocenters. The Bertz CT molecular complexity index is 391. The van der Waals surface area contributed by atoms with E-state index in [1.54, 1.807) is 4.90 Å². The minimum atomic E-state index is -0.589. The summed E-state index contributed by atoms with van der Waals surface area (Å²) in [5.74, 6) is 0.146. The SMILES string of the molecule is C=C(Br)CCN1C(=O)C[C@H]2C=CCC[C@@]21C=O. The molecule has 2 rings (SSSR count). The van der Waals surface area contributed by atoms with Crippen LogP contribution in [-0.4, -0.2) is 29.2 Å². The Morgan fingerprint density at radius 1 is 1.71 bits per heavy atom. The number of amides is 1. The Hall–Kier alpha value is -0.900. The van der Waals surface area contributed by atoms with Crippen LogP contribution in [0.5, 0.6) is 0 Å². The predicted molar refractivity (Wildman–Crippen MR) is 69.7 cm³/mol. The summed E-state index contributed by atoms with van der Waals surface area (Å²) in [6, 6.07) is 0. The number of hydrogen-bond donors (Lipinski definition) is 0. The molecule has 1 saturated heterocycles. The Morgan fingerprint density at radius 3 is 3.12 bits per heavy atom. The Kier molecular flexibility index (Phi) is 3.52. The van der Waals surface area contributed by atoms with Crippen LogP contribution >= 0.6 is 15.9 Å². The molecule has 0 radical (unpaired) electrons. The van der Waals surface area contributed by atoms with Crippen molar-refractivity contribution in [2.75, 3.05) is 6.54 Å². The first-order chi connectivity index (χ1) is 8.10. The van der Waals surface area contributed by atoms with Crippen molar-refractivity contribution in [1.82, 2.24) is 4.90 Å². The second kappa shape index (κ2) is 4.77. The van der Waals surface area contributed by atoms with Crippen molar-refractivity contribution in [3.05, 3.63) is 23.2 Å². The highest BCUT2D eigenvalue weighted by molar-refractivity contribution is 9.11. The first kappa shape index (κ1) is 12.6. The van der Waals surface area contributed by atoms with Crippen molar-refractivity contribution >= 4 is 28.1 Å². The molecular formula is C13H16BrNO2.